The lowest BCUT2D eigenvalue weighted by Gasteiger charge is -2.15. The van der Waals surface area contributed by atoms with E-state index in [1.54, 1.807) is 20.1 Å². The van der Waals surface area contributed by atoms with Crippen LogP contribution in [0.15, 0.2) is 29.5 Å². The number of fused-ring (bicyclic) bond motifs is 1. The normalized spacial score (nSPS) is 16.3. The zero-order chi connectivity index (χ0) is 19.6. The summed E-state index contributed by atoms with van der Waals surface area (Å²) in [4.78, 5) is 40.1. The van der Waals surface area contributed by atoms with Crippen LogP contribution in [0.5, 0.6) is 0 Å². The number of aromatic amines is 1. The molecular weight excluding hydrogens is 346 g/mol. The van der Waals surface area contributed by atoms with Gasteiger partial charge >= 0.3 is 6.03 Å². The maximum Gasteiger partial charge on any atom is 0.325 e. The number of benzene rings is 1. The maximum absolute atomic E-state index is 12.1. The van der Waals surface area contributed by atoms with Crippen LogP contribution in [0.3, 0.4) is 0 Å². The third kappa shape index (κ3) is 3.69. The highest BCUT2D eigenvalue weighted by Crippen LogP contribution is 2.21. The summed E-state index contributed by atoms with van der Waals surface area (Å²) >= 11 is 0. The van der Waals surface area contributed by atoms with Gasteiger partial charge in [-0.3, -0.25) is 14.5 Å². The van der Waals surface area contributed by atoms with E-state index < -0.39 is 11.6 Å². The van der Waals surface area contributed by atoms with E-state index in [1.807, 2.05) is 18.3 Å². The van der Waals surface area contributed by atoms with E-state index in [2.05, 4.69) is 33.8 Å². The second kappa shape index (κ2) is 7.22. The molecule has 2 heterocycles. The number of imide groups is 1. The molecule has 1 aliphatic heterocycles. The number of rotatable bonds is 6. The largest absolute Gasteiger partial charge is 0.360 e. The van der Waals surface area contributed by atoms with Gasteiger partial charge in [0.2, 0.25) is 5.91 Å². The van der Waals surface area contributed by atoms with Gasteiger partial charge in [0, 0.05) is 35.6 Å². The second-order valence-electron chi connectivity index (χ2n) is 6.99. The molecule has 2 aromatic rings. The number of aryl methyl sites for hydroxylation is 1. The van der Waals surface area contributed by atoms with E-state index in [-0.39, 0.29) is 24.8 Å². The molecule has 8 heteroatoms. The number of para-hydroxylation sites is 1. The third-order valence-electron chi connectivity index (χ3n) is 4.61. The molecule has 8 nitrogen and oxygen atoms in total. The van der Waals surface area contributed by atoms with E-state index >= 15 is 0 Å². The average molecular weight is 369 g/mol. The van der Waals surface area contributed by atoms with Crippen molar-refractivity contribution < 1.29 is 14.4 Å². The SMILES string of the molecule is CCc1cccc2c(/C=N/NC(=O)CCN3C(=O)NC(C)(C)C3=O)c[nH]c12. The van der Waals surface area contributed by atoms with Crippen molar-refractivity contribution in [3.63, 3.8) is 0 Å². The van der Waals surface area contributed by atoms with Gasteiger partial charge in [-0.15, -0.1) is 0 Å². The molecule has 3 N–H and O–H groups in total. The number of nitrogens with zero attached hydrogens (tertiary/aromatic N) is 2. The van der Waals surface area contributed by atoms with Crippen LogP contribution in [0, 0.1) is 0 Å². The van der Waals surface area contributed by atoms with Gasteiger partial charge in [0.1, 0.15) is 5.54 Å². The molecule has 0 aliphatic carbocycles. The molecule has 4 amide bonds. The molecule has 0 atom stereocenters. The van der Waals surface area contributed by atoms with Gasteiger partial charge < -0.3 is 10.3 Å². The number of amides is 4. The van der Waals surface area contributed by atoms with Crippen LogP contribution in [0.1, 0.15) is 38.3 Å². The minimum Gasteiger partial charge on any atom is -0.360 e. The monoisotopic (exact) mass is 369 g/mol. The number of hydrazone groups is 1. The fourth-order valence-corrected chi connectivity index (χ4v) is 3.10. The van der Waals surface area contributed by atoms with Crippen molar-refractivity contribution in [1.29, 1.82) is 0 Å². The predicted octanol–water partition coefficient (Wildman–Crippen LogP) is 1.90. The van der Waals surface area contributed by atoms with Crippen LogP contribution >= 0.6 is 0 Å². The van der Waals surface area contributed by atoms with Crippen molar-refractivity contribution in [3.05, 3.63) is 35.5 Å². The van der Waals surface area contributed by atoms with Crippen LogP contribution in [0.4, 0.5) is 4.79 Å². The Kier molecular flexibility index (Phi) is 4.98. The summed E-state index contributed by atoms with van der Waals surface area (Å²) in [5.41, 5.74) is 4.65. The van der Waals surface area contributed by atoms with E-state index in [4.69, 9.17) is 0 Å². The summed E-state index contributed by atoms with van der Waals surface area (Å²) in [7, 11) is 0. The standard InChI is InChI=1S/C19H23N5O3/c1-4-12-6-5-7-14-13(10-20-16(12)14)11-21-23-15(25)8-9-24-17(26)19(2,3)22-18(24)27/h5-7,10-11,20H,4,8-9H2,1-3H3,(H,22,27)(H,23,25)/b21-11+. The summed E-state index contributed by atoms with van der Waals surface area (Å²) in [6, 6.07) is 5.57. The van der Waals surface area contributed by atoms with Crippen molar-refractivity contribution in [1.82, 2.24) is 20.6 Å². The molecule has 1 aliphatic rings. The van der Waals surface area contributed by atoms with Crippen LogP contribution in [-0.4, -0.2) is 46.0 Å². The highest BCUT2D eigenvalue weighted by atomic mass is 16.2. The minimum absolute atomic E-state index is 0.0134. The zero-order valence-corrected chi connectivity index (χ0v) is 15.6. The quantitative estimate of drug-likeness (QED) is 0.411. The molecule has 0 bridgehead atoms. The molecule has 0 radical (unpaired) electrons. The molecule has 0 spiro atoms. The van der Waals surface area contributed by atoms with Crippen molar-refractivity contribution >= 4 is 35.0 Å². The lowest BCUT2D eigenvalue weighted by Crippen LogP contribution is -2.40. The van der Waals surface area contributed by atoms with Gasteiger partial charge in [-0.1, -0.05) is 25.1 Å². The molecule has 1 saturated heterocycles. The van der Waals surface area contributed by atoms with Crippen molar-refractivity contribution in [2.45, 2.75) is 39.2 Å². The van der Waals surface area contributed by atoms with Gasteiger partial charge in [0.25, 0.3) is 5.91 Å². The molecule has 1 aromatic heterocycles. The van der Waals surface area contributed by atoms with Crippen LogP contribution < -0.4 is 10.7 Å². The summed E-state index contributed by atoms with van der Waals surface area (Å²) in [6.45, 7) is 5.37. The van der Waals surface area contributed by atoms with Gasteiger partial charge in [-0.25, -0.2) is 10.2 Å². The molecule has 3 rings (SSSR count). The molecule has 1 aromatic carbocycles. The number of H-pyrrole nitrogens is 1. The molecule has 142 valence electrons. The summed E-state index contributed by atoms with van der Waals surface area (Å²) < 4.78 is 0. The van der Waals surface area contributed by atoms with Gasteiger partial charge in [0.05, 0.1) is 6.21 Å². The average Bonchev–Trinajstić information content (AvgIpc) is 3.12. The Morgan fingerprint density at radius 1 is 1.33 bits per heavy atom. The Bertz CT molecular complexity index is 929. The number of aromatic nitrogens is 1. The maximum atomic E-state index is 12.1. The van der Waals surface area contributed by atoms with Crippen molar-refractivity contribution in [2.75, 3.05) is 6.54 Å². The van der Waals surface area contributed by atoms with Crippen molar-refractivity contribution in [3.8, 4) is 0 Å². The fraction of sp³-hybridized carbons (Fsp3) is 0.368. The highest BCUT2D eigenvalue weighted by molar-refractivity contribution is 6.06. The Morgan fingerprint density at radius 3 is 2.78 bits per heavy atom. The molecular formula is C19H23N5O3. The molecule has 1 fully saturated rings. The van der Waals surface area contributed by atoms with Crippen LogP contribution in [-0.2, 0) is 16.0 Å². The summed E-state index contributed by atoms with van der Waals surface area (Å²) in [5.74, 6) is -0.708. The van der Waals surface area contributed by atoms with E-state index in [0.717, 1.165) is 27.8 Å². The van der Waals surface area contributed by atoms with Gasteiger partial charge in [0.15, 0.2) is 0 Å². The predicted molar refractivity (Wildman–Crippen MR) is 102 cm³/mol. The summed E-state index contributed by atoms with van der Waals surface area (Å²) in [5, 5.41) is 7.60. The third-order valence-corrected chi connectivity index (χ3v) is 4.61. The number of hydrogen-bond acceptors (Lipinski definition) is 4. The summed E-state index contributed by atoms with van der Waals surface area (Å²) in [6.07, 6.45) is 4.33. The minimum atomic E-state index is -0.932. The second-order valence-corrected chi connectivity index (χ2v) is 6.99. The Labute approximate surface area is 157 Å². The number of carbonyl (C=O) groups is 3. The Hall–Kier alpha value is -3.16. The first-order valence-electron chi connectivity index (χ1n) is 8.88. The van der Waals surface area contributed by atoms with E-state index in [1.165, 1.54) is 5.56 Å². The number of carbonyl (C=O) groups excluding carboxylic acids is 3. The Morgan fingerprint density at radius 2 is 2.11 bits per heavy atom. The molecule has 0 saturated carbocycles. The number of urea groups is 1. The topological polar surface area (TPSA) is 107 Å². The first-order valence-corrected chi connectivity index (χ1v) is 8.88. The first kappa shape index (κ1) is 18.6. The number of nitrogens with one attached hydrogen (secondary N) is 3. The van der Waals surface area contributed by atoms with Crippen LogP contribution in [0.25, 0.3) is 10.9 Å². The van der Waals surface area contributed by atoms with Gasteiger partial charge in [-0.05, 0) is 25.8 Å². The lowest BCUT2D eigenvalue weighted by molar-refractivity contribution is -0.130. The first-order chi connectivity index (χ1) is 12.8. The zero-order valence-electron chi connectivity index (χ0n) is 15.6. The van der Waals surface area contributed by atoms with E-state index in [0.29, 0.717) is 0 Å². The molecule has 0 unspecified atom stereocenters. The highest BCUT2D eigenvalue weighted by Gasteiger charge is 2.43. The Balaban J connectivity index is 1.57. The van der Waals surface area contributed by atoms with Crippen LogP contribution in [0.2, 0.25) is 0 Å². The van der Waals surface area contributed by atoms with E-state index in [9.17, 15) is 14.4 Å². The lowest BCUT2D eigenvalue weighted by atomic mass is 10.1. The van der Waals surface area contributed by atoms with Gasteiger partial charge in [-0.2, -0.15) is 5.10 Å². The number of hydrogen-bond donors (Lipinski definition) is 3. The fourth-order valence-electron chi connectivity index (χ4n) is 3.10. The molecule has 27 heavy (non-hydrogen) atoms. The van der Waals surface area contributed by atoms with Crippen molar-refractivity contribution in [2.24, 2.45) is 5.10 Å². The smallest absolute Gasteiger partial charge is 0.325 e.